The molecule has 1 aliphatic carbocycles. The minimum Gasteiger partial charge on any atom is -0.467 e. The van der Waals surface area contributed by atoms with Gasteiger partial charge in [-0.15, -0.1) is 11.3 Å². The molecular formula is C23H26N4O5S. The minimum absolute atomic E-state index is 0.137. The molecule has 33 heavy (non-hydrogen) atoms. The van der Waals surface area contributed by atoms with Crippen LogP contribution in [0.2, 0.25) is 0 Å². The molecule has 4 rings (SSSR count). The first-order chi connectivity index (χ1) is 15.6. The third-order valence-electron chi connectivity index (χ3n) is 6.08. The van der Waals surface area contributed by atoms with E-state index in [1.165, 1.54) is 17.6 Å². The van der Waals surface area contributed by atoms with E-state index in [4.69, 9.17) is 4.42 Å². The monoisotopic (exact) mass is 470 g/mol. The lowest BCUT2D eigenvalue weighted by molar-refractivity contribution is -0.132. The minimum atomic E-state index is -1.25. The number of rotatable bonds is 5. The fourth-order valence-corrected chi connectivity index (χ4v) is 5.39. The zero-order chi connectivity index (χ0) is 23.8. The molecule has 0 bridgehead atoms. The molecule has 1 aliphatic heterocycles. The van der Waals surface area contributed by atoms with Crippen LogP contribution < -0.4 is 16.0 Å². The maximum atomic E-state index is 13.2. The number of amides is 5. The van der Waals surface area contributed by atoms with Crippen LogP contribution in [0, 0.1) is 17.3 Å². The molecule has 0 unspecified atom stereocenters. The van der Waals surface area contributed by atoms with Crippen molar-refractivity contribution >= 4 is 46.3 Å². The number of carbonyl (C=O) groups excluding carboxylic acids is 4. The standard InChI is InChI=1S/C23H26N4O5S/c1-23(2,3)12-6-7-14-16(9-12)33-21(17(14)20(30)24-10-13-5-4-8-32-13)25-11-15-18(28)26-22(31)27-19(15)29/h4-5,8,11-12,15H,6-7,9-10H2,1-3H3,(H,24,30)(H2,26,27,28,29,31)/t12-/m1/s1. The Kier molecular flexibility index (Phi) is 6.20. The number of furan rings is 1. The zero-order valence-corrected chi connectivity index (χ0v) is 19.5. The summed E-state index contributed by atoms with van der Waals surface area (Å²) >= 11 is 1.41. The first-order valence-corrected chi connectivity index (χ1v) is 11.6. The SMILES string of the molecule is CC(C)(C)[C@@H]1CCc2c(sc(N=CC3C(=O)NC(=O)NC3=O)c2C(=O)NCc2ccco2)C1. The number of carbonyl (C=O) groups is 4. The summed E-state index contributed by atoms with van der Waals surface area (Å²) in [4.78, 5) is 54.1. The Hall–Kier alpha value is -3.27. The van der Waals surface area contributed by atoms with E-state index in [0.717, 1.165) is 29.7 Å². The topological polar surface area (TPSA) is 130 Å². The lowest BCUT2D eigenvalue weighted by atomic mass is 9.72. The van der Waals surface area contributed by atoms with Crippen molar-refractivity contribution in [3.05, 3.63) is 40.2 Å². The number of barbiturate groups is 1. The number of aliphatic imine (C=N–C) groups is 1. The van der Waals surface area contributed by atoms with Gasteiger partial charge >= 0.3 is 6.03 Å². The fourth-order valence-electron chi connectivity index (χ4n) is 4.11. The Morgan fingerprint density at radius 1 is 1.27 bits per heavy atom. The first kappa shape index (κ1) is 22.9. The second-order valence-electron chi connectivity index (χ2n) is 9.32. The largest absolute Gasteiger partial charge is 0.467 e. The first-order valence-electron chi connectivity index (χ1n) is 10.8. The van der Waals surface area contributed by atoms with Gasteiger partial charge in [0.1, 0.15) is 10.8 Å². The van der Waals surface area contributed by atoms with Crippen molar-refractivity contribution in [2.45, 2.75) is 46.6 Å². The second kappa shape index (κ2) is 8.93. The zero-order valence-electron chi connectivity index (χ0n) is 18.7. The Labute approximate surface area is 195 Å². The van der Waals surface area contributed by atoms with Gasteiger partial charge in [0.2, 0.25) is 11.8 Å². The van der Waals surface area contributed by atoms with E-state index >= 15 is 0 Å². The molecule has 1 saturated heterocycles. The van der Waals surface area contributed by atoms with Crippen molar-refractivity contribution in [2.24, 2.45) is 22.2 Å². The van der Waals surface area contributed by atoms with Crippen molar-refractivity contribution in [1.29, 1.82) is 0 Å². The van der Waals surface area contributed by atoms with Crippen LogP contribution in [0.5, 0.6) is 0 Å². The lowest BCUT2D eigenvalue weighted by Crippen LogP contribution is -2.56. The van der Waals surface area contributed by atoms with Gasteiger partial charge in [0.05, 0.1) is 18.4 Å². The number of fused-ring (bicyclic) bond motifs is 1. The Balaban J connectivity index is 1.64. The molecule has 1 atom stereocenters. The quantitative estimate of drug-likeness (QED) is 0.457. The van der Waals surface area contributed by atoms with Crippen molar-refractivity contribution in [1.82, 2.24) is 16.0 Å². The highest BCUT2D eigenvalue weighted by Crippen LogP contribution is 2.45. The molecule has 5 amide bonds. The summed E-state index contributed by atoms with van der Waals surface area (Å²) in [5, 5.41) is 7.43. The van der Waals surface area contributed by atoms with Gasteiger partial charge in [-0.05, 0) is 48.3 Å². The molecule has 10 heteroatoms. The summed E-state index contributed by atoms with van der Waals surface area (Å²) < 4.78 is 5.30. The van der Waals surface area contributed by atoms with Gasteiger partial charge in [-0.1, -0.05) is 20.8 Å². The van der Waals surface area contributed by atoms with Crippen molar-refractivity contribution in [3.8, 4) is 0 Å². The molecule has 174 valence electrons. The Morgan fingerprint density at radius 3 is 2.64 bits per heavy atom. The van der Waals surface area contributed by atoms with Crippen LogP contribution in [0.4, 0.5) is 9.80 Å². The number of urea groups is 1. The van der Waals surface area contributed by atoms with Gasteiger partial charge < -0.3 is 9.73 Å². The van der Waals surface area contributed by atoms with Gasteiger partial charge in [0.15, 0.2) is 5.92 Å². The number of imide groups is 2. The third kappa shape index (κ3) is 4.90. The molecule has 3 heterocycles. The van der Waals surface area contributed by atoms with Crippen LogP contribution in [0.15, 0.2) is 27.8 Å². The molecule has 0 spiro atoms. The molecule has 0 radical (unpaired) electrons. The number of thiophene rings is 1. The van der Waals surface area contributed by atoms with E-state index in [2.05, 4.69) is 41.7 Å². The number of nitrogens with zero attached hydrogens (tertiary/aromatic N) is 1. The van der Waals surface area contributed by atoms with Crippen molar-refractivity contribution in [2.75, 3.05) is 0 Å². The molecular weight excluding hydrogens is 444 g/mol. The molecule has 2 aromatic heterocycles. The van der Waals surface area contributed by atoms with E-state index in [1.54, 1.807) is 18.4 Å². The maximum absolute atomic E-state index is 13.2. The summed E-state index contributed by atoms with van der Waals surface area (Å²) in [5.41, 5.74) is 1.58. The van der Waals surface area contributed by atoms with Gasteiger partial charge in [-0.25, -0.2) is 9.79 Å². The number of hydrogen-bond donors (Lipinski definition) is 3. The normalized spacial score (nSPS) is 19.4. The number of nitrogens with one attached hydrogen (secondary N) is 3. The summed E-state index contributed by atoms with van der Waals surface area (Å²) in [5.74, 6) is -1.91. The van der Waals surface area contributed by atoms with E-state index in [9.17, 15) is 19.2 Å². The summed E-state index contributed by atoms with van der Waals surface area (Å²) in [6.45, 7) is 6.88. The molecule has 0 saturated carbocycles. The van der Waals surface area contributed by atoms with Crippen LogP contribution in [0.3, 0.4) is 0 Å². The highest BCUT2D eigenvalue weighted by atomic mass is 32.1. The van der Waals surface area contributed by atoms with Gasteiger partial charge in [0.25, 0.3) is 5.91 Å². The molecule has 9 nitrogen and oxygen atoms in total. The lowest BCUT2D eigenvalue weighted by Gasteiger charge is -2.33. The molecule has 0 aromatic carbocycles. The van der Waals surface area contributed by atoms with Crippen LogP contribution in [-0.2, 0) is 29.0 Å². The van der Waals surface area contributed by atoms with Crippen LogP contribution in [0.25, 0.3) is 0 Å². The van der Waals surface area contributed by atoms with Gasteiger partial charge in [-0.3, -0.25) is 25.0 Å². The highest BCUT2D eigenvalue weighted by Gasteiger charge is 2.35. The predicted octanol–water partition coefficient (Wildman–Crippen LogP) is 3.11. The van der Waals surface area contributed by atoms with Crippen molar-refractivity contribution in [3.63, 3.8) is 0 Å². The average Bonchev–Trinajstić information content (AvgIpc) is 3.37. The van der Waals surface area contributed by atoms with Crippen LogP contribution in [0.1, 0.15) is 53.8 Å². The van der Waals surface area contributed by atoms with Crippen molar-refractivity contribution < 1.29 is 23.6 Å². The van der Waals surface area contributed by atoms with Crippen LogP contribution in [-0.4, -0.2) is 30.0 Å². The molecule has 2 aliphatic rings. The smallest absolute Gasteiger partial charge is 0.328 e. The molecule has 3 N–H and O–H groups in total. The second-order valence-corrected chi connectivity index (χ2v) is 10.4. The number of hydrogen-bond acceptors (Lipinski definition) is 7. The summed E-state index contributed by atoms with van der Waals surface area (Å²) in [6, 6.07) is 2.67. The third-order valence-corrected chi connectivity index (χ3v) is 7.24. The van der Waals surface area contributed by atoms with E-state index in [-0.39, 0.29) is 17.9 Å². The molecule has 1 fully saturated rings. The summed E-state index contributed by atoms with van der Waals surface area (Å²) in [6.07, 6.45) is 5.30. The predicted molar refractivity (Wildman–Crippen MR) is 122 cm³/mol. The Bertz CT molecular complexity index is 1110. The Morgan fingerprint density at radius 2 is 2.00 bits per heavy atom. The van der Waals surface area contributed by atoms with Gasteiger partial charge in [-0.2, -0.15) is 0 Å². The highest BCUT2D eigenvalue weighted by molar-refractivity contribution is 7.16. The fraction of sp³-hybridized carbons (Fsp3) is 0.435. The van der Waals surface area contributed by atoms with Gasteiger partial charge in [0, 0.05) is 11.1 Å². The summed E-state index contributed by atoms with van der Waals surface area (Å²) in [7, 11) is 0. The van der Waals surface area contributed by atoms with E-state index in [1.807, 2.05) is 0 Å². The molecule has 2 aromatic rings. The van der Waals surface area contributed by atoms with E-state index < -0.39 is 23.8 Å². The average molecular weight is 471 g/mol. The van der Waals surface area contributed by atoms with Crippen LogP contribution >= 0.6 is 11.3 Å². The van der Waals surface area contributed by atoms with E-state index in [0.29, 0.717) is 22.2 Å². The maximum Gasteiger partial charge on any atom is 0.328 e.